The van der Waals surface area contributed by atoms with E-state index < -0.39 is 0 Å². The quantitative estimate of drug-likeness (QED) is 0.908. The number of carbonyl (C=O) groups excluding carboxylic acids is 1. The molecule has 1 amide bonds. The van der Waals surface area contributed by atoms with E-state index >= 15 is 0 Å². The highest BCUT2D eigenvalue weighted by Crippen LogP contribution is 2.36. The average Bonchev–Trinajstić information content (AvgIpc) is 2.97. The van der Waals surface area contributed by atoms with Crippen LogP contribution in [-0.2, 0) is 4.79 Å². The summed E-state index contributed by atoms with van der Waals surface area (Å²) in [5, 5.41) is 6.61. The van der Waals surface area contributed by atoms with Gasteiger partial charge in [0.05, 0.1) is 11.7 Å². The van der Waals surface area contributed by atoms with Gasteiger partial charge in [-0.3, -0.25) is 9.59 Å². The van der Waals surface area contributed by atoms with Crippen molar-refractivity contribution in [3.05, 3.63) is 28.2 Å². The fourth-order valence-electron chi connectivity index (χ4n) is 3.77. The maximum atomic E-state index is 12.9. The monoisotopic (exact) mass is 289 g/mol. The molecular weight excluding hydrogens is 266 g/mol. The van der Waals surface area contributed by atoms with Crippen LogP contribution in [0, 0.1) is 11.8 Å². The van der Waals surface area contributed by atoms with Crippen molar-refractivity contribution in [3.8, 4) is 0 Å². The lowest BCUT2D eigenvalue weighted by Gasteiger charge is -2.33. The minimum Gasteiger partial charge on any atom is -0.334 e. The van der Waals surface area contributed by atoms with E-state index in [0.717, 1.165) is 44.3 Å². The highest BCUT2D eigenvalue weighted by Gasteiger charge is 2.37. The van der Waals surface area contributed by atoms with Gasteiger partial charge in [0.15, 0.2) is 0 Å². The predicted molar refractivity (Wildman–Crippen MR) is 79.7 cm³/mol. The molecule has 1 saturated heterocycles. The summed E-state index contributed by atoms with van der Waals surface area (Å²) in [6.45, 7) is 3.01. The van der Waals surface area contributed by atoms with Gasteiger partial charge in [-0.05, 0) is 37.7 Å². The zero-order chi connectivity index (χ0) is 14.8. The van der Waals surface area contributed by atoms with Crippen molar-refractivity contribution in [3.63, 3.8) is 0 Å². The van der Waals surface area contributed by atoms with Gasteiger partial charge in [0.25, 0.3) is 5.56 Å². The lowest BCUT2D eigenvalue weighted by Crippen LogP contribution is -2.39. The molecule has 1 saturated carbocycles. The Morgan fingerprint density at radius 3 is 2.76 bits per heavy atom. The Morgan fingerprint density at radius 1 is 1.24 bits per heavy atom. The number of carbonyl (C=O) groups is 1. The Hall–Kier alpha value is -1.65. The highest BCUT2D eigenvalue weighted by molar-refractivity contribution is 5.80. The largest absolute Gasteiger partial charge is 0.334 e. The fourth-order valence-corrected chi connectivity index (χ4v) is 3.77. The Balaban J connectivity index is 1.78. The first kappa shape index (κ1) is 14.3. The van der Waals surface area contributed by atoms with Crippen LogP contribution in [0.25, 0.3) is 0 Å². The lowest BCUT2D eigenvalue weighted by molar-refractivity contribution is -0.139. The first-order valence-corrected chi connectivity index (χ1v) is 8.03. The van der Waals surface area contributed by atoms with Crippen LogP contribution in [0.2, 0.25) is 0 Å². The third kappa shape index (κ3) is 2.87. The third-order valence-electron chi connectivity index (χ3n) is 5.01. The summed E-state index contributed by atoms with van der Waals surface area (Å²) in [7, 11) is 0. The van der Waals surface area contributed by atoms with E-state index in [0.29, 0.717) is 5.92 Å². The molecule has 0 spiro atoms. The molecular formula is C16H23N3O2. The summed E-state index contributed by atoms with van der Waals surface area (Å²) in [4.78, 5) is 26.0. The van der Waals surface area contributed by atoms with Crippen molar-refractivity contribution >= 4 is 5.91 Å². The van der Waals surface area contributed by atoms with Crippen molar-refractivity contribution in [1.29, 1.82) is 0 Å². The first-order valence-electron chi connectivity index (χ1n) is 8.03. The van der Waals surface area contributed by atoms with Crippen LogP contribution >= 0.6 is 0 Å². The third-order valence-corrected chi connectivity index (χ3v) is 5.01. The van der Waals surface area contributed by atoms with Gasteiger partial charge in [-0.1, -0.05) is 19.8 Å². The molecule has 3 rings (SSSR count). The minimum absolute atomic E-state index is 0.0310. The van der Waals surface area contributed by atoms with Crippen molar-refractivity contribution in [2.24, 2.45) is 11.8 Å². The van der Waals surface area contributed by atoms with E-state index in [1.807, 2.05) is 4.90 Å². The van der Waals surface area contributed by atoms with Crippen molar-refractivity contribution in [1.82, 2.24) is 15.1 Å². The van der Waals surface area contributed by atoms with Gasteiger partial charge in [0.2, 0.25) is 5.91 Å². The summed E-state index contributed by atoms with van der Waals surface area (Å²) in [6.07, 6.45) is 6.53. The molecule has 5 nitrogen and oxygen atoms in total. The van der Waals surface area contributed by atoms with Crippen LogP contribution in [0.15, 0.2) is 16.9 Å². The summed E-state index contributed by atoms with van der Waals surface area (Å²) in [6, 6.07) is 3.27. The molecule has 1 aromatic heterocycles. The molecule has 2 aliphatic rings. The number of H-pyrrole nitrogens is 1. The normalized spacial score (nSPS) is 29.6. The van der Waals surface area contributed by atoms with Crippen LogP contribution in [0.4, 0.5) is 0 Å². The van der Waals surface area contributed by atoms with Gasteiger partial charge in [0.1, 0.15) is 0 Å². The molecule has 3 unspecified atom stereocenters. The van der Waals surface area contributed by atoms with Gasteiger partial charge in [0, 0.05) is 18.5 Å². The van der Waals surface area contributed by atoms with Crippen molar-refractivity contribution in [2.75, 3.05) is 6.54 Å². The van der Waals surface area contributed by atoms with Crippen LogP contribution in [0.3, 0.4) is 0 Å². The molecule has 0 aromatic carbocycles. The van der Waals surface area contributed by atoms with Gasteiger partial charge in [-0.15, -0.1) is 0 Å². The van der Waals surface area contributed by atoms with Crippen molar-refractivity contribution in [2.45, 2.75) is 51.5 Å². The molecule has 1 aromatic rings. The first-order chi connectivity index (χ1) is 10.2. The smallest absolute Gasteiger partial charge is 0.264 e. The molecule has 21 heavy (non-hydrogen) atoms. The van der Waals surface area contributed by atoms with E-state index in [2.05, 4.69) is 17.1 Å². The summed E-state index contributed by atoms with van der Waals surface area (Å²) in [5.41, 5.74) is 0.611. The number of aromatic nitrogens is 2. The summed E-state index contributed by atoms with van der Waals surface area (Å²) >= 11 is 0. The Labute approximate surface area is 124 Å². The van der Waals surface area contributed by atoms with E-state index in [9.17, 15) is 9.59 Å². The standard InChI is InChI=1S/C16H23N3O2/c1-11-5-2-3-6-12(11)16(21)19-10-4-7-14(19)13-8-9-15(20)18-17-13/h8-9,11-12,14H,2-7,10H2,1H3,(H,18,20). The molecule has 1 N–H and O–H groups in total. The summed E-state index contributed by atoms with van der Waals surface area (Å²) < 4.78 is 0. The maximum Gasteiger partial charge on any atom is 0.264 e. The second-order valence-corrected chi connectivity index (χ2v) is 6.40. The number of aromatic amines is 1. The molecule has 114 valence electrons. The molecule has 2 fully saturated rings. The van der Waals surface area contributed by atoms with Crippen molar-refractivity contribution < 1.29 is 4.79 Å². The second kappa shape index (κ2) is 6.00. The zero-order valence-corrected chi connectivity index (χ0v) is 12.5. The molecule has 1 aliphatic carbocycles. The highest BCUT2D eigenvalue weighted by atomic mass is 16.2. The SMILES string of the molecule is CC1CCCCC1C(=O)N1CCCC1c1ccc(=O)[nH]n1. The second-order valence-electron chi connectivity index (χ2n) is 6.40. The van der Waals surface area contributed by atoms with Crippen LogP contribution in [0.1, 0.15) is 57.2 Å². The Kier molecular flexibility index (Phi) is 4.08. The molecule has 0 radical (unpaired) electrons. The minimum atomic E-state index is -0.199. The number of hydrogen-bond donors (Lipinski definition) is 1. The lowest BCUT2D eigenvalue weighted by atomic mass is 9.79. The van der Waals surface area contributed by atoms with E-state index in [1.165, 1.54) is 12.5 Å². The molecule has 0 bridgehead atoms. The van der Waals surface area contributed by atoms with Crippen LogP contribution in [0.5, 0.6) is 0 Å². The molecule has 3 atom stereocenters. The molecule has 5 heteroatoms. The number of rotatable bonds is 2. The topological polar surface area (TPSA) is 66.1 Å². The molecule has 1 aliphatic heterocycles. The zero-order valence-electron chi connectivity index (χ0n) is 12.5. The Bertz CT molecular complexity index is 548. The predicted octanol–water partition coefficient (Wildman–Crippen LogP) is 2.26. The number of amides is 1. The van der Waals surface area contributed by atoms with Gasteiger partial charge in [-0.25, -0.2) is 5.10 Å². The van der Waals surface area contributed by atoms with E-state index in [1.54, 1.807) is 6.07 Å². The van der Waals surface area contributed by atoms with Gasteiger partial charge < -0.3 is 4.90 Å². The number of hydrogen-bond acceptors (Lipinski definition) is 3. The molecule has 2 heterocycles. The van der Waals surface area contributed by atoms with Crippen LogP contribution in [-0.4, -0.2) is 27.5 Å². The Morgan fingerprint density at radius 2 is 2.05 bits per heavy atom. The van der Waals surface area contributed by atoms with E-state index in [-0.39, 0.29) is 23.4 Å². The van der Waals surface area contributed by atoms with Gasteiger partial charge in [-0.2, -0.15) is 5.10 Å². The number of nitrogens with zero attached hydrogens (tertiary/aromatic N) is 2. The number of likely N-dealkylation sites (tertiary alicyclic amines) is 1. The van der Waals surface area contributed by atoms with Crippen LogP contribution < -0.4 is 5.56 Å². The fraction of sp³-hybridized carbons (Fsp3) is 0.688. The summed E-state index contributed by atoms with van der Waals surface area (Å²) in [5.74, 6) is 0.941. The average molecular weight is 289 g/mol. The van der Waals surface area contributed by atoms with E-state index in [4.69, 9.17) is 0 Å². The number of nitrogens with one attached hydrogen (secondary N) is 1. The maximum absolute atomic E-state index is 12.9. The van der Waals surface area contributed by atoms with Gasteiger partial charge >= 0.3 is 0 Å².